The summed E-state index contributed by atoms with van der Waals surface area (Å²) in [6.45, 7) is 2.79. The van der Waals surface area contributed by atoms with Crippen molar-refractivity contribution in [3.8, 4) is 0 Å². The normalized spacial score (nSPS) is 16.2. The molecule has 0 radical (unpaired) electrons. The van der Waals surface area contributed by atoms with Crippen LogP contribution in [0.2, 0.25) is 0 Å². The molecule has 3 heterocycles. The summed E-state index contributed by atoms with van der Waals surface area (Å²) in [6.07, 6.45) is 5.51. The van der Waals surface area contributed by atoms with Crippen molar-refractivity contribution < 1.29 is 4.79 Å². The van der Waals surface area contributed by atoms with Crippen LogP contribution in [-0.2, 0) is 11.3 Å². The van der Waals surface area contributed by atoms with Crippen LogP contribution in [0.25, 0.3) is 10.9 Å². The lowest BCUT2D eigenvalue weighted by molar-refractivity contribution is -0.121. The van der Waals surface area contributed by atoms with Gasteiger partial charge in [0.05, 0.1) is 18.4 Å². The van der Waals surface area contributed by atoms with Crippen molar-refractivity contribution in [1.29, 1.82) is 0 Å². The molecule has 1 aliphatic rings. The molecule has 5 nitrogen and oxygen atoms in total. The number of piperazine rings is 1. The van der Waals surface area contributed by atoms with Crippen molar-refractivity contribution in [2.75, 3.05) is 24.5 Å². The SMILES string of the molecule is O=C1CN(Cc2c[nH]c3ccccc23)CCN1c1cccnc1. The minimum atomic E-state index is 0.129. The number of fused-ring (bicyclic) bond motifs is 1. The van der Waals surface area contributed by atoms with E-state index in [1.54, 1.807) is 12.4 Å². The number of anilines is 1. The predicted molar refractivity (Wildman–Crippen MR) is 90.2 cm³/mol. The average molecular weight is 306 g/mol. The summed E-state index contributed by atoms with van der Waals surface area (Å²) in [7, 11) is 0. The molecule has 3 aromatic rings. The van der Waals surface area contributed by atoms with E-state index in [4.69, 9.17) is 0 Å². The van der Waals surface area contributed by atoms with Gasteiger partial charge in [-0.15, -0.1) is 0 Å². The fraction of sp³-hybridized carbons (Fsp3) is 0.222. The molecular weight excluding hydrogens is 288 g/mol. The second kappa shape index (κ2) is 5.85. The number of rotatable bonds is 3. The largest absolute Gasteiger partial charge is 0.361 e. The summed E-state index contributed by atoms with van der Waals surface area (Å²) in [5.74, 6) is 0.129. The number of nitrogens with zero attached hydrogens (tertiary/aromatic N) is 3. The maximum atomic E-state index is 12.4. The van der Waals surface area contributed by atoms with Crippen LogP contribution in [0.5, 0.6) is 0 Å². The number of hydrogen-bond acceptors (Lipinski definition) is 3. The number of aromatic amines is 1. The van der Waals surface area contributed by atoms with Gasteiger partial charge in [-0.2, -0.15) is 0 Å². The van der Waals surface area contributed by atoms with Gasteiger partial charge in [-0.3, -0.25) is 14.7 Å². The molecule has 4 rings (SSSR count). The fourth-order valence-electron chi connectivity index (χ4n) is 3.15. The third-order valence-electron chi connectivity index (χ3n) is 4.33. The van der Waals surface area contributed by atoms with Gasteiger partial charge >= 0.3 is 0 Å². The summed E-state index contributed by atoms with van der Waals surface area (Å²) < 4.78 is 0. The van der Waals surface area contributed by atoms with E-state index >= 15 is 0 Å². The van der Waals surface area contributed by atoms with Gasteiger partial charge in [0, 0.05) is 42.9 Å². The highest BCUT2D eigenvalue weighted by Crippen LogP contribution is 2.21. The molecule has 2 aromatic heterocycles. The minimum Gasteiger partial charge on any atom is -0.361 e. The zero-order valence-corrected chi connectivity index (χ0v) is 12.8. The summed E-state index contributed by atoms with van der Waals surface area (Å²) >= 11 is 0. The first-order chi connectivity index (χ1) is 11.3. The van der Waals surface area contributed by atoms with Gasteiger partial charge < -0.3 is 9.88 Å². The quantitative estimate of drug-likeness (QED) is 0.808. The lowest BCUT2D eigenvalue weighted by atomic mass is 10.1. The molecule has 1 aromatic carbocycles. The molecular formula is C18H18N4O. The Kier molecular flexibility index (Phi) is 3.55. The zero-order chi connectivity index (χ0) is 15.6. The third-order valence-corrected chi connectivity index (χ3v) is 4.33. The molecule has 1 N–H and O–H groups in total. The highest BCUT2D eigenvalue weighted by atomic mass is 16.2. The van der Waals surface area contributed by atoms with E-state index in [1.165, 1.54) is 10.9 Å². The first kappa shape index (κ1) is 14.0. The molecule has 1 amide bonds. The number of nitrogens with one attached hydrogen (secondary N) is 1. The fourth-order valence-corrected chi connectivity index (χ4v) is 3.15. The van der Waals surface area contributed by atoms with Crippen molar-refractivity contribution in [1.82, 2.24) is 14.9 Å². The third kappa shape index (κ3) is 2.71. The second-order valence-electron chi connectivity index (χ2n) is 5.83. The number of hydrogen-bond donors (Lipinski definition) is 1. The molecule has 0 saturated carbocycles. The zero-order valence-electron chi connectivity index (χ0n) is 12.8. The highest BCUT2D eigenvalue weighted by molar-refractivity contribution is 5.95. The minimum absolute atomic E-state index is 0.129. The van der Waals surface area contributed by atoms with Crippen molar-refractivity contribution in [3.05, 3.63) is 60.6 Å². The molecule has 1 aliphatic heterocycles. The van der Waals surface area contributed by atoms with Crippen molar-refractivity contribution in [2.24, 2.45) is 0 Å². The maximum absolute atomic E-state index is 12.4. The molecule has 116 valence electrons. The second-order valence-corrected chi connectivity index (χ2v) is 5.83. The molecule has 0 unspecified atom stereocenters. The maximum Gasteiger partial charge on any atom is 0.241 e. The Balaban J connectivity index is 1.48. The molecule has 1 fully saturated rings. The van der Waals surface area contributed by atoms with E-state index in [0.717, 1.165) is 24.3 Å². The van der Waals surface area contributed by atoms with Crippen LogP contribution in [0.15, 0.2) is 55.0 Å². The number of amides is 1. The Bertz CT molecular complexity index is 827. The lowest BCUT2D eigenvalue weighted by Crippen LogP contribution is -2.50. The van der Waals surface area contributed by atoms with Crippen LogP contribution < -0.4 is 4.90 Å². The monoisotopic (exact) mass is 306 g/mol. The molecule has 0 atom stereocenters. The van der Waals surface area contributed by atoms with Crippen molar-refractivity contribution in [2.45, 2.75) is 6.54 Å². The van der Waals surface area contributed by atoms with E-state index in [-0.39, 0.29) is 5.91 Å². The molecule has 0 spiro atoms. The Labute approximate surface area is 134 Å². The molecule has 1 saturated heterocycles. The van der Waals surface area contributed by atoms with E-state index in [1.807, 2.05) is 35.4 Å². The number of carbonyl (C=O) groups is 1. The Morgan fingerprint density at radius 3 is 2.87 bits per heavy atom. The molecule has 0 bridgehead atoms. The summed E-state index contributed by atoms with van der Waals surface area (Å²) in [5.41, 5.74) is 3.26. The van der Waals surface area contributed by atoms with E-state index < -0.39 is 0 Å². The average Bonchev–Trinajstić information content (AvgIpc) is 2.99. The Morgan fingerprint density at radius 1 is 1.13 bits per heavy atom. The van der Waals surface area contributed by atoms with Gasteiger partial charge in [0.1, 0.15) is 0 Å². The topological polar surface area (TPSA) is 52.2 Å². The molecule has 0 aliphatic carbocycles. The van der Waals surface area contributed by atoms with Crippen LogP contribution >= 0.6 is 0 Å². The predicted octanol–water partition coefficient (Wildman–Crippen LogP) is 2.41. The smallest absolute Gasteiger partial charge is 0.241 e. The van der Waals surface area contributed by atoms with E-state index in [2.05, 4.69) is 27.0 Å². The van der Waals surface area contributed by atoms with Gasteiger partial charge in [0.2, 0.25) is 5.91 Å². The summed E-state index contributed by atoms with van der Waals surface area (Å²) in [5, 5.41) is 1.23. The van der Waals surface area contributed by atoms with Gasteiger partial charge in [0.25, 0.3) is 0 Å². The standard InChI is InChI=1S/C18H18N4O/c23-18-13-21(8-9-22(18)15-4-3-7-19-11-15)12-14-10-20-17-6-2-1-5-16(14)17/h1-7,10-11,20H,8-9,12-13H2. The van der Waals surface area contributed by atoms with Crippen LogP contribution in [0.4, 0.5) is 5.69 Å². The van der Waals surface area contributed by atoms with Crippen molar-refractivity contribution in [3.63, 3.8) is 0 Å². The summed E-state index contributed by atoms with van der Waals surface area (Å²) in [6, 6.07) is 12.1. The molecule has 23 heavy (non-hydrogen) atoms. The summed E-state index contributed by atoms with van der Waals surface area (Å²) in [4.78, 5) is 23.9. The van der Waals surface area contributed by atoms with Crippen LogP contribution in [0, 0.1) is 0 Å². The van der Waals surface area contributed by atoms with E-state index in [0.29, 0.717) is 13.1 Å². The molecule has 5 heteroatoms. The first-order valence-electron chi connectivity index (χ1n) is 7.79. The van der Waals surface area contributed by atoms with Gasteiger partial charge in [0.15, 0.2) is 0 Å². The number of benzene rings is 1. The Morgan fingerprint density at radius 2 is 2.04 bits per heavy atom. The van der Waals surface area contributed by atoms with Crippen LogP contribution in [0.1, 0.15) is 5.56 Å². The number of H-pyrrole nitrogens is 1. The van der Waals surface area contributed by atoms with Crippen LogP contribution in [0.3, 0.4) is 0 Å². The van der Waals surface area contributed by atoms with Gasteiger partial charge in [-0.25, -0.2) is 0 Å². The number of aromatic nitrogens is 2. The lowest BCUT2D eigenvalue weighted by Gasteiger charge is -2.34. The van der Waals surface area contributed by atoms with Crippen molar-refractivity contribution >= 4 is 22.5 Å². The first-order valence-corrected chi connectivity index (χ1v) is 7.79. The van der Waals surface area contributed by atoms with E-state index in [9.17, 15) is 4.79 Å². The number of para-hydroxylation sites is 1. The highest BCUT2D eigenvalue weighted by Gasteiger charge is 2.25. The number of pyridine rings is 1. The number of carbonyl (C=O) groups excluding carboxylic acids is 1. The Hall–Kier alpha value is -2.66. The van der Waals surface area contributed by atoms with Crippen LogP contribution in [-0.4, -0.2) is 40.4 Å². The van der Waals surface area contributed by atoms with Gasteiger partial charge in [-0.1, -0.05) is 18.2 Å². The van der Waals surface area contributed by atoms with Gasteiger partial charge in [-0.05, 0) is 23.8 Å².